The molecule has 0 aliphatic carbocycles. The van der Waals surface area contributed by atoms with E-state index in [-0.39, 0.29) is 0 Å². The predicted octanol–water partition coefficient (Wildman–Crippen LogP) is 13.5. The molecule has 3 heterocycles. The van der Waals surface area contributed by atoms with Gasteiger partial charge in [-0.3, -0.25) is 0 Å². The smallest absolute Gasteiger partial charge is 0.113 e. The molecule has 0 spiro atoms. The molecule has 0 amide bonds. The molecule has 2 aromatic heterocycles. The summed E-state index contributed by atoms with van der Waals surface area (Å²) in [5.74, 6) is 0. The van der Waals surface area contributed by atoms with Crippen molar-refractivity contribution in [3.8, 4) is 22.3 Å². The standard InChI is InChI=1S/C48H33NS2Si/c1-52(2)44-28-27-43-46(38-15-6-8-20-42(38)50-43)47(44)39-26-25-33(29-45(39)52)49(40-18-10-17-37-36-14-5-7-19-41(36)51-48(37)40)32-23-21-31(22-24-32)35-16-9-12-30-11-3-4-13-34(30)35/h3-29H,1-2H3. The molecular formula is C48H33NS2Si. The van der Waals surface area contributed by atoms with Crippen LogP contribution < -0.4 is 15.3 Å². The van der Waals surface area contributed by atoms with Crippen LogP contribution in [0.4, 0.5) is 17.1 Å². The summed E-state index contributed by atoms with van der Waals surface area (Å²) in [6.45, 7) is 5.08. The number of thiophene rings is 2. The van der Waals surface area contributed by atoms with Gasteiger partial charge in [-0.25, -0.2) is 0 Å². The van der Waals surface area contributed by atoms with Crippen molar-refractivity contribution in [1.82, 2.24) is 0 Å². The van der Waals surface area contributed by atoms with Gasteiger partial charge in [0.25, 0.3) is 0 Å². The maximum atomic E-state index is 2.54. The van der Waals surface area contributed by atoms with Crippen LogP contribution in [0, 0.1) is 0 Å². The van der Waals surface area contributed by atoms with Crippen molar-refractivity contribution in [2.45, 2.75) is 13.1 Å². The third-order valence-electron chi connectivity index (χ3n) is 11.3. The molecule has 4 heteroatoms. The van der Waals surface area contributed by atoms with Gasteiger partial charge in [-0.15, -0.1) is 22.7 Å². The normalized spacial score (nSPS) is 13.3. The summed E-state index contributed by atoms with van der Waals surface area (Å²) < 4.78 is 5.38. The van der Waals surface area contributed by atoms with Crippen LogP contribution >= 0.6 is 22.7 Å². The maximum absolute atomic E-state index is 2.54. The van der Waals surface area contributed by atoms with Crippen LogP contribution in [-0.2, 0) is 0 Å². The number of anilines is 3. The summed E-state index contributed by atoms with van der Waals surface area (Å²) in [4.78, 5) is 2.51. The number of nitrogens with zero attached hydrogens (tertiary/aromatic N) is 1. The van der Waals surface area contributed by atoms with Crippen LogP contribution in [0.2, 0.25) is 13.1 Å². The van der Waals surface area contributed by atoms with E-state index in [0.29, 0.717) is 0 Å². The molecule has 11 rings (SSSR count). The Kier molecular flexibility index (Phi) is 6.51. The summed E-state index contributed by atoms with van der Waals surface area (Å²) in [6, 6.07) is 61.3. The molecule has 0 atom stereocenters. The van der Waals surface area contributed by atoms with Gasteiger partial charge in [0.15, 0.2) is 0 Å². The topological polar surface area (TPSA) is 3.24 Å². The van der Waals surface area contributed by atoms with Crippen LogP contribution in [0.5, 0.6) is 0 Å². The first kappa shape index (κ1) is 30.1. The molecule has 0 N–H and O–H groups in total. The van der Waals surface area contributed by atoms with Crippen molar-refractivity contribution in [1.29, 1.82) is 0 Å². The highest BCUT2D eigenvalue weighted by Gasteiger charge is 2.39. The maximum Gasteiger partial charge on any atom is 0.113 e. The average Bonchev–Trinajstić information content (AvgIpc) is 3.83. The highest BCUT2D eigenvalue weighted by atomic mass is 32.1. The molecule has 246 valence electrons. The Morgan fingerprint density at radius 3 is 1.98 bits per heavy atom. The number of hydrogen-bond acceptors (Lipinski definition) is 3. The van der Waals surface area contributed by atoms with Crippen molar-refractivity contribution in [3.63, 3.8) is 0 Å². The molecule has 0 unspecified atom stereocenters. The molecule has 52 heavy (non-hydrogen) atoms. The largest absolute Gasteiger partial charge is 0.309 e. The van der Waals surface area contributed by atoms with Crippen LogP contribution in [0.1, 0.15) is 0 Å². The molecule has 0 saturated heterocycles. The first-order valence-electron chi connectivity index (χ1n) is 17.9. The van der Waals surface area contributed by atoms with Gasteiger partial charge in [-0.2, -0.15) is 0 Å². The van der Waals surface area contributed by atoms with Crippen molar-refractivity contribution < 1.29 is 0 Å². The highest BCUT2D eigenvalue weighted by molar-refractivity contribution is 7.26. The lowest BCUT2D eigenvalue weighted by molar-refractivity contribution is 1.31. The Labute approximate surface area is 311 Å². The van der Waals surface area contributed by atoms with E-state index in [1.807, 2.05) is 22.7 Å². The molecule has 0 fully saturated rings. The van der Waals surface area contributed by atoms with E-state index in [1.165, 1.54) is 89.9 Å². The Morgan fingerprint density at radius 2 is 1.13 bits per heavy atom. The molecule has 1 aliphatic heterocycles. The highest BCUT2D eigenvalue weighted by Crippen LogP contribution is 2.47. The van der Waals surface area contributed by atoms with Crippen LogP contribution in [0.15, 0.2) is 164 Å². The zero-order chi connectivity index (χ0) is 34.6. The monoisotopic (exact) mass is 715 g/mol. The SMILES string of the molecule is C[Si]1(C)c2cc(N(c3ccc(-c4cccc5ccccc45)cc3)c3cccc4c3sc3ccccc34)ccc2-c2c1ccc1sc3ccccc3c21. The lowest BCUT2D eigenvalue weighted by Gasteiger charge is -2.28. The molecule has 1 nitrogen and oxygen atoms in total. The summed E-state index contributed by atoms with van der Waals surface area (Å²) in [6.07, 6.45) is 0. The van der Waals surface area contributed by atoms with Gasteiger partial charge in [0.1, 0.15) is 8.07 Å². The van der Waals surface area contributed by atoms with Gasteiger partial charge in [-0.1, -0.05) is 128 Å². The van der Waals surface area contributed by atoms with E-state index in [0.717, 1.165) is 5.69 Å². The number of rotatable bonds is 4. The third kappa shape index (κ3) is 4.32. The second kappa shape index (κ2) is 11.2. The van der Waals surface area contributed by atoms with Gasteiger partial charge in [-0.05, 0) is 91.9 Å². The van der Waals surface area contributed by atoms with E-state index < -0.39 is 8.07 Å². The summed E-state index contributed by atoms with van der Waals surface area (Å²) in [5.41, 5.74) is 8.96. The van der Waals surface area contributed by atoms with Crippen molar-refractivity contribution in [2.24, 2.45) is 0 Å². The van der Waals surface area contributed by atoms with E-state index >= 15 is 0 Å². The molecule has 0 saturated carbocycles. The van der Waals surface area contributed by atoms with E-state index in [9.17, 15) is 0 Å². The second-order valence-corrected chi connectivity index (χ2v) is 20.9. The van der Waals surface area contributed by atoms with E-state index in [4.69, 9.17) is 0 Å². The molecule has 0 bridgehead atoms. The second-order valence-electron chi connectivity index (χ2n) is 14.5. The number of benzene rings is 8. The molecule has 1 aliphatic rings. The Bertz CT molecular complexity index is 3050. The van der Waals surface area contributed by atoms with Crippen LogP contribution in [0.25, 0.3) is 73.4 Å². The van der Waals surface area contributed by atoms with Gasteiger partial charge in [0.2, 0.25) is 0 Å². The summed E-state index contributed by atoms with van der Waals surface area (Å²) >= 11 is 3.81. The minimum Gasteiger partial charge on any atom is -0.309 e. The minimum atomic E-state index is -2.02. The molecule has 8 aromatic carbocycles. The van der Waals surface area contributed by atoms with Gasteiger partial charge in [0.05, 0.1) is 10.4 Å². The number of fused-ring (bicyclic) bond motifs is 11. The minimum absolute atomic E-state index is 1.16. The fraction of sp³-hybridized carbons (Fsp3) is 0.0417. The Hall–Kier alpha value is -5.52. The first-order valence-corrected chi connectivity index (χ1v) is 22.6. The average molecular weight is 716 g/mol. The van der Waals surface area contributed by atoms with Crippen molar-refractivity contribution in [2.75, 3.05) is 4.90 Å². The molecule has 10 aromatic rings. The number of hydrogen-bond donors (Lipinski definition) is 0. The predicted molar refractivity (Wildman–Crippen MR) is 232 cm³/mol. The van der Waals surface area contributed by atoms with Gasteiger partial charge < -0.3 is 4.90 Å². The van der Waals surface area contributed by atoms with Crippen LogP contribution in [-0.4, -0.2) is 8.07 Å². The van der Waals surface area contributed by atoms with Gasteiger partial charge >= 0.3 is 0 Å². The van der Waals surface area contributed by atoms with E-state index in [2.05, 4.69) is 182 Å². The van der Waals surface area contributed by atoms with E-state index in [1.54, 1.807) is 5.19 Å². The third-order valence-corrected chi connectivity index (χ3v) is 17.1. The van der Waals surface area contributed by atoms with Crippen LogP contribution in [0.3, 0.4) is 0 Å². The van der Waals surface area contributed by atoms with Crippen molar-refractivity contribution >= 4 is 109 Å². The Balaban J connectivity index is 1.13. The fourth-order valence-corrected chi connectivity index (χ4v) is 14.2. The summed E-state index contributed by atoms with van der Waals surface area (Å²) in [5, 5.41) is 11.1. The zero-order valence-corrected chi connectivity index (χ0v) is 31.5. The lowest BCUT2D eigenvalue weighted by Crippen LogP contribution is -2.49. The summed E-state index contributed by atoms with van der Waals surface area (Å²) in [7, 11) is -2.02. The first-order chi connectivity index (χ1) is 25.5. The van der Waals surface area contributed by atoms with Crippen molar-refractivity contribution in [3.05, 3.63) is 164 Å². The zero-order valence-electron chi connectivity index (χ0n) is 28.9. The Morgan fingerprint density at radius 1 is 0.462 bits per heavy atom. The quantitative estimate of drug-likeness (QED) is 0.164. The fourth-order valence-electron chi connectivity index (χ4n) is 8.77. The molecular weight excluding hydrogens is 683 g/mol. The van der Waals surface area contributed by atoms with Gasteiger partial charge in [0, 0.05) is 47.0 Å². The molecule has 0 radical (unpaired) electrons. The lowest BCUT2D eigenvalue weighted by atomic mass is 9.97.